The summed E-state index contributed by atoms with van der Waals surface area (Å²) in [4.78, 5) is 38.2. The van der Waals surface area contributed by atoms with Gasteiger partial charge in [-0.25, -0.2) is 4.39 Å². The zero-order chi connectivity index (χ0) is 22.0. The molecule has 2 aromatic rings. The van der Waals surface area contributed by atoms with Crippen LogP contribution in [-0.2, 0) is 16.0 Å². The van der Waals surface area contributed by atoms with E-state index in [0.29, 0.717) is 17.1 Å². The largest absolute Gasteiger partial charge is 0.454 e. The second-order valence-corrected chi connectivity index (χ2v) is 8.07. The SMILES string of the molecule is O=C(Cc1c(F)cccc1Cl)NCCN1C(=O)SC(=Cc2ccc3c(c2)OCO3)C1=O. The fourth-order valence-corrected chi connectivity index (χ4v) is 4.17. The van der Waals surface area contributed by atoms with Crippen molar-refractivity contribution in [2.24, 2.45) is 0 Å². The number of thioether (sulfide) groups is 1. The number of rotatable bonds is 6. The number of hydrogen-bond donors (Lipinski definition) is 1. The number of nitrogens with zero attached hydrogens (tertiary/aromatic N) is 1. The van der Waals surface area contributed by atoms with E-state index in [4.69, 9.17) is 21.1 Å². The third-order valence-corrected chi connectivity index (χ3v) is 5.89. The number of imide groups is 1. The zero-order valence-corrected chi connectivity index (χ0v) is 17.6. The molecule has 31 heavy (non-hydrogen) atoms. The summed E-state index contributed by atoms with van der Waals surface area (Å²) in [6, 6.07) is 9.40. The zero-order valence-electron chi connectivity index (χ0n) is 16.0. The number of fused-ring (bicyclic) bond motifs is 1. The molecule has 0 aromatic heterocycles. The van der Waals surface area contributed by atoms with Gasteiger partial charge in [0.25, 0.3) is 11.1 Å². The van der Waals surface area contributed by atoms with Crippen molar-refractivity contribution in [1.29, 1.82) is 0 Å². The summed E-state index contributed by atoms with van der Waals surface area (Å²) >= 11 is 6.74. The number of nitrogens with one attached hydrogen (secondary N) is 1. The van der Waals surface area contributed by atoms with E-state index in [9.17, 15) is 18.8 Å². The highest BCUT2D eigenvalue weighted by atomic mass is 35.5. The Bertz CT molecular complexity index is 1090. The Kier molecular flexibility index (Phi) is 6.15. The highest BCUT2D eigenvalue weighted by Crippen LogP contribution is 2.36. The Morgan fingerprint density at radius 3 is 2.84 bits per heavy atom. The van der Waals surface area contributed by atoms with E-state index < -0.39 is 22.9 Å². The van der Waals surface area contributed by atoms with Crippen molar-refractivity contribution in [3.05, 3.63) is 63.3 Å². The predicted molar refractivity (Wildman–Crippen MR) is 113 cm³/mol. The van der Waals surface area contributed by atoms with E-state index in [1.54, 1.807) is 24.3 Å². The molecule has 0 spiro atoms. The summed E-state index contributed by atoms with van der Waals surface area (Å²) in [7, 11) is 0. The quantitative estimate of drug-likeness (QED) is 0.660. The van der Waals surface area contributed by atoms with Crippen LogP contribution in [-0.4, -0.2) is 41.8 Å². The van der Waals surface area contributed by atoms with Gasteiger partial charge in [0.15, 0.2) is 11.5 Å². The van der Waals surface area contributed by atoms with E-state index in [2.05, 4.69) is 5.32 Å². The minimum Gasteiger partial charge on any atom is -0.454 e. The number of amides is 3. The fraction of sp³-hybridized carbons (Fsp3) is 0.190. The number of carbonyl (C=O) groups is 3. The van der Waals surface area contributed by atoms with Gasteiger partial charge in [0.1, 0.15) is 5.82 Å². The topological polar surface area (TPSA) is 84.9 Å². The van der Waals surface area contributed by atoms with Crippen LogP contribution in [0, 0.1) is 5.82 Å². The second kappa shape index (κ2) is 8.99. The summed E-state index contributed by atoms with van der Waals surface area (Å²) < 4.78 is 24.4. The van der Waals surface area contributed by atoms with Crippen LogP contribution in [0.25, 0.3) is 6.08 Å². The molecule has 10 heteroatoms. The van der Waals surface area contributed by atoms with Crippen molar-refractivity contribution in [3.8, 4) is 11.5 Å². The highest BCUT2D eigenvalue weighted by molar-refractivity contribution is 8.18. The van der Waals surface area contributed by atoms with E-state index in [1.165, 1.54) is 18.2 Å². The lowest BCUT2D eigenvalue weighted by atomic mass is 10.1. The van der Waals surface area contributed by atoms with Gasteiger partial charge in [0.2, 0.25) is 12.7 Å². The molecule has 2 aliphatic heterocycles. The summed E-state index contributed by atoms with van der Waals surface area (Å²) in [5.41, 5.74) is 0.796. The third kappa shape index (κ3) is 4.67. The molecule has 160 valence electrons. The smallest absolute Gasteiger partial charge is 0.293 e. The maximum atomic E-state index is 13.8. The Morgan fingerprint density at radius 2 is 2.03 bits per heavy atom. The molecule has 2 aromatic carbocycles. The molecule has 2 aliphatic rings. The molecule has 1 fully saturated rings. The molecule has 4 rings (SSSR count). The average Bonchev–Trinajstić information content (AvgIpc) is 3.30. The number of benzene rings is 2. The molecular weight excluding hydrogens is 447 g/mol. The normalized spacial score (nSPS) is 16.3. The van der Waals surface area contributed by atoms with E-state index in [1.807, 2.05) is 0 Å². The van der Waals surface area contributed by atoms with Crippen molar-refractivity contribution in [1.82, 2.24) is 10.2 Å². The van der Waals surface area contributed by atoms with Gasteiger partial charge in [0, 0.05) is 23.7 Å². The summed E-state index contributed by atoms with van der Waals surface area (Å²) in [6.07, 6.45) is 1.36. The lowest BCUT2D eigenvalue weighted by Crippen LogP contribution is -2.37. The minimum absolute atomic E-state index is 0.000110. The van der Waals surface area contributed by atoms with E-state index in [-0.39, 0.29) is 41.8 Å². The van der Waals surface area contributed by atoms with Crippen LogP contribution in [0.15, 0.2) is 41.3 Å². The maximum Gasteiger partial charge on any atom is 0.293 e. The molecule has 0 aliphatic carbocycles. The Labute approximate surface area is 186 Å². The Balaban J connectivity index is 1.34. The third-order valence-electron chi connectivity index (χ3n) is 4.62. The Morgan fingerprint density at radius 1 is 1.23 bits per heavy atom. The molecule has 1 N–H and O–H groups in total. The molecule has 2 heterocycles. The van der Waals surface area contributed by atoms with Gasteiger partial charge in [-0.1, -0.05) is 23.7 Å². The molecule has 7 nitrogen and oxygen atoms in total. The van der Waals surface area contributed by atoms with Crippen molar-refractivity contribution < 1.29 is 28.2 Å². The first-order chi connectivity index (χ1) is 14.9. The Hall–Kier alpha value is -3.04. The number of ether oxygens (including phenoxy) is 2. The lowest BCUT2D eigenvalue weighted by molar-refractivity contribution is -0.124. The van der Waals surface area contributed by atoms with Crippen LogP contribution in [0.3, 0.4) is 0 Å². The minimum atomic E-state index is -0.567. The van der Waals surface area contributed by atoms with Crippen LogP contribution >= 0.6 is 23.4 Å². The maximum absolute atomic E-state index is 13.8. The molecular formula is C21H16ClFN2O5S. The lowest BCUT2D eigenvalue weighted by Gasteiger charge is -2.13. The van der Waals surface area contributed by atoms with Gasteiger partial charge in [-0.15, -0.1) is 0 Å². The summed E-state index contributed by atoms with van der Waals surface area (Å²) in [5.74, 6) is -0.278. The number of halogens is 2. The van der Waals surface area contributed by atoms with Crippen molar-refractivity contribution in [3.63, 3.8) is 0 Å². The van der Waals surface area contributed by atoms with Crippen LogP contribution in [0.5, 0.6) is 11.5 Å². The molecule has 0 saturated carbocycles. The molecule has 0 bridgehead atoms. The van der Waals surface area contributed by atoms with Crippen molar-refractivity contribution in [2.45, 2.75) is 6.42 Å². The van der Waals surface area contributed by atoms with Crippen molar-refractivity contribution >= 4 is 46.5 Å². The fourth-order valence-electron chi connectivity index (χ4n) is 3.08. The summed E-state index contributed by atoms with van der Waals surface area (Å²) in [6.45, 7) is 0.185. The first kappa shape index (κ1) is 21.2. The summed E-state index contributed by atoms with van der Waals surface area (Å²) in [5, 5.41) is 2.31. The van der Waals surface area contributed by atoms with E-state index >= 15 is 0 Å². The van der Waals surface area contributed by atoms with Gasteiger partial charge in [-0.3, -0.25) is 19.3 Å². The van der Waals surface area contributed by atoms with Gasteiger partial charge < -0.3 is 14.8 Å². The molecule has 0 atom stereocenters. The second-order valence-electron chi connectivity index (χ2n) is 6.67. The van der Waals surface area contributed by atoms with Gasteiger partial charge in [-0.05, 0) is 47.7 Å². The van der Waals surface area contributed by atoms with Gasteiger partial charge in [0.05, 0.1) is 11.3 Å². The first-order valence-corrected chi connectivity index (χ1v) is 10.5. The van der Waals surface area contributed by atoms with Crippen LogP contribution < -0.4 is 14.8 Å². The van der Waals surface area contributed by atoms with Crippen LogP contribution in [0.4, 0.5) is 9.18 Å². The van der Waals surface area contributed by atoms with Crippen molar-refractivity contribution in [2.75, 3.05) is 19.9 Å². The monoisotopic (exact) mass is 462 g/mol. The van der Waals surface area contributed by atoms with Crippen LogP contribution in [0.2, 0.25) is 5.02 Å². The highest BCUT2D eigenvalue weighted by Gasteiger charge is 2.34. The van der Waals surface area contributed by atoms with E-state index in [0.717, 1.165) is 16.7 Å². The molecule has 1 saturated heterocycles. The van der Waals surface area contributed by atoms with Gasteiger partial charge in [-0.2, -0.15) is 0 Å². The standard InChI is InChI=1S/C21H16ClFN2O5S/c22-14-2-1-3-15(23)13(14)10-19(26)24-6-7-25-20(27)18(31-21(25)28)9-12-4-5-16-17(8-12)30-11-29-16/h1-5,8-9H,6-7,10-11H2,(H,24,26). The number of carbonyl (C=O) groups excluding carboxylic acids is 3. The van der Waals surface area contributed by atoms with Crippen LogP contribution in [0.1, 0.15) is 11.1 Å². The predicted octanol–water partition coefficient (Wildman–Crippen LogP) is 3.60. The first-order valence-electron chi connectivity index (χ1n) is 9.27. The molecule has 3 amide bonds. The number of hydrogen-bond acceptors (Lipinski definition) is 6. The van der Waals surface area contributed by atoms with Gasteiger partial charge >= 0.3 is 0 Å². The average molecular weight is 463 g/mol. The molecule has 0 unspecified atom stereocenters. The molecule has 0 radical (unpaired) electrons.